The molecule has 0 saturated carbocycles. The Labute approximate surface area is 79.7 Å². The molecule has 4 heteroatoms. The number of benzene rings is 1. The fourth-order valence-electron chi connectivity index (χ4n) is 1.51. The van der Waals surface area contributed by atoms with Crippen molar-refractivity contribution in [1.82, 2.24) is 0 Å². The summed E-state index contributed by atoms with van der Waals surface area (Å²) in [5.74, 6) is -1.33. The molecule has 1 aliphatic heterocycles. The van der Waals surface area contributed by atoms with E-state index in [1.54, 1.807) is 0 Å². The minimum atomic E-state index is -0.736. The summed E-state index contributed by atoms with van der Waals surface area (Å²) in [6.45, 7) is 0. The number of hydrogen-bond acceptors (Lipinski definition) is 2. The van der Waals surface area contributed by atoms with Crippen LogP contribution in [0.4, 0.5) is 8.78 Å². The molecular weight excluding hydrogens is 188 g/mol. The number of fused-ring (bicyclic) bond motifs is 1. The van der Waals surface area contributed by atoms with Gasteiger partial charge in [-0.1, -0.05) is 0 Å². The molecule has 1 atom stereocenters. The highest BCUT2D eigenvalue weighted by molar-refractivity contribution is 5.38. The van der Waals surface area contributed by atoms with Crippen LogP contribution in [-0.2, 0) is 6.42 Å². The van der Waals surface area contributed by atoms with Gasteiger partial charge in [-0.3, -0.25) is 0 Å². The zero-order chi connectivity index (χ0) is 10.1. The van der Waals surface area contributed by atoms with Crippen LogP contribution in [-0.4, -0.2) is 6.10 Å². The Kier molecular flexibility index (Phi) is 2.08. The first-order valence-electron chi connectivity index (χ1n) is 4.25. The fraction of sp³-hybridized carbons (Fsp3) is 0.300. The SMILES string of the molecule is N#CC1CCc2cc(F)cc(F)c2O1. The Hall–Kier alpha value is -1.63. The lowest BCUT2D eigenvalue weighted by Gasteiger charge is -2.21. The van der Waals surface area contributed by atoms with E-state index in [0.29, 0.717) is 18.4 Å². The van der Waals surface area contributed by atoms with Crippen molar-refractivity contribution in [2.24, 2.45) is 0 Å². The molecule has 0 aromatic heterocycles. The van der Waals surface area contributed by atoms with Gasteiger partial charge in [0.25, 0.3) is 0 Å². The molecule has 72 valence electrons. The van der Waals surface area contributed by atoms with Crippen molar-refractivity contribution in [2.45, 2.75) is 18.9 Å². The van der Waals surface area contributed by atoms with Crippen LogP contribution in [0.2, 0.25) is 0 Å². The van der Waals surface area contributed by atoms with Gasteiger partial charge in [0.15, 0.2) is 17.7 Å². The zero-order valence-corrected chi connectivity index (χ0v) is 7.26. The lowest BCUT2D eigenvalue weighted by Crippen LogP contribution is -2.21. The van der Waals surface area contributed by atoms with E-state index in [4.69, 9.17) is 10.00 Å². The number of rotatable bonds is 0. The number of nitrogens with zero attached hydrogens (tertiary/aromatic N) is 1. The highest BCUT2D eigenvalue weighted by Gasteiger charge is 2.23. The van der Waals surface area contributed by atoms with E-state index in [0.717, 1.165) is 6.07 Å². The van der Waals surface area contributed by atoms with E-state index in [2.05, 4.69) is 0 Å². The van der Waals surface area contributed by atoms with Crippen LogP contribution < -0.4 is 4.74 Å². The lowest BCUT2D eigenvalue weighted by atomic mass is 10.0. The maximum Gasteiger partial charge on any atom is 0.184 e. The Morgan fingerprint density at radius 1 is 1.43 bits per heavy atom. The van der Waals surface area contributed by atoms with Crippen LogP contribution in [0.5, 0.6) is 5.75 Å². The summed E-state index contributed by atoms with van der Waals surface area (Å²) in [6, 6.07) is 3.91. The maximum atomic E-state index is 13.2. The van der Waals surface area contributed by atoms with Gasteiger partial charge in [-0.2, -0.15) is 5.26 Å². The molecule has 0 bridgehead atoms. The number of ether oxygens (including phenoxy) is 1. The molecule has 2 nitrogen and oxygen atoms in total. The summed E-state index contributed by atoms with van der Waals surface area (Å²) in [5, 5.41) is 8.59. The second-order valence-electron chi connectivity index (χ2n) is 3.15. The number of aryl methyl sites for hydroxylation is 1. The largest absolute Gasteiger partial charge is 0.472 e. The van der Waals surface area contributed by atoms with Gasteiger partial charge in [0, 0.05) is 18.1 Å². The van der Waals surface area contributed by atoms with Crippen LogP contribution in [0, 0.1) is 23.0 Å². The molecule has 0 fully saturated rings. The number of hydrogen-bond donors (Lipinski definition) is 0. The first-order valence-corrected chi connectivity index (χ1v) is 4.25. The van der Waals surface area contributed by atoms with Gasteiger partial charge in [0.05, 0.1) is 0 Å². The standard InChI is InChI=1S/C10H7F2NO/c11-7-3-6-1-2-8(5-13)14-10(6)9(12)4-7/h3-4,8H,1-2H2. The van der Waals surface area contributed by atoms with Crippen LogP contribution in [0.3, 0.4) is 0 Å². The van der Waals surface area contributed by atoms with E-state index < -0.39 is 17.7 Å². The normalized spacial score (nSPS) is 19.4. The second-order valence-corrected chi connectivity index (χ2v) is 3.15. The Bertz CT molecular complexity index is 411. The predicted molar refractivity (Wildman–Crippen MR) is 44.7 cm³/mol. The summed E-state index contributed by atoms with van der Waals surface area (Å²) in [6.07, 6.45) is 0.330. The van der Waals surface area contributed by atoms with Crippen molar-refractivity contribution in [3.8, 4) is 11.8 Å². The van der Waals surface area contributed by atoms with Gasteiger partial charge >= 0.3 is 0 Å². The maximum absolute atomic E-state index is 13.2. The molecular formula is C10H7F2NO. The highest BCUT2D eigenvalue weighted by Crippen LogP contribution is 2.30. The zero-order valence-electron chi connectivity index (χ0n) is 7.26. The van der Waals surface area contributed by atoms with Gasteiger partial charge in [0.2, 0.25) is 0 Å². The third-order valence-electron chi connectivity index (χ3n) is 2.17. The van der Waals surface area contributed by atoms with Crippen molar-refractivity contribution in [2.75, 3.05) is 0 Å². The van der Waals surface area contributed by atoms with Gasteiger partial charge < -0.3 is 4.74 Å². The summed E-state index contributed by atoms with van der Waals surface area (Å²) in [4.78, 5) is 0. The van der Waals surface area contributed by atoms with Crippen LogP contribution in [0.15, 0.2) is 12.1 Å². The van der Waals surface area contributed by atoms with Gasteiger partial charge in [-0.25, -0.2) is 8.78 Å². The van der Waals surface area contributed by atoms with E-state index in [1.807, 2.05) is 6.07 Å². The van der Waals surface area contributed by atoms with Crippen LogP contribution in [0.1, 0.15) is 12.0 Å². The smallest absolute Gasteiger partial charge is 0.184 e. The average molecular weight is 195 g/mol. The number of nitriles is 1. The third-order valence-corrected chi connectivity index (χ3v) is 2.17. The molecule has 0 radical (unpaired) electrons. The molecule has 0 saturated heterocycles. The van der Waals surface area contributed by atoms with Crippen molar-refractivity contribution >= 4 is 0 Å². The molecule has 0 amide bonds. The molecule has 0 aliphatic carbocycles. The Morgan fingerprint density at radius 2 is 2.21 bits per heavy atom. The van der Waals surface area contributed by atoms with Crippen molar-refractivity contribution in [1.29, 1.82) is 5.26 Å². The predicted octanol–water partition coefficient (Wildman–Crippen LogP) is 2.18. The summed E-state index contributed by atoms with van der Waals surface area (Å²) >= 11 is 0. The van der Waals surface area contributed by atoms with E-state index in [9.17, 15) is 8.78 Å². The van der Waals surface area contributed by atoms with Crippen LogP contribution >= 0.6 is 0 Å². The Morgan fingerprint density at radius 3 is 2.93 bits per heavy atom. The molecule has 1 aromatic rings. The molecule has 1 unspecified atom stereocenters. The molecule has 2 rings (SSSR count). The minimum absolute atomic E-state index is 0.0178. The van der Waals surface area contributed by atoms with Gasteiger partial charge in [-0.15, -0.1) is 0 Å². The van der Waals surface area contributed by atoms with E-state index in [-0.39, 0.29) is 5.75 Å². The summed E-state index contributed by atoms with van der Waals surface area (Å²) in [5.41, 5.74) is 0.494. The van der Waals surface area contributed by atoms with Crippen LogP contribution in [0.25, 0.3) is 0 Å². The molecule has 1 aromatic carbocycles. The van der Waals surface area contributed by atoms with E-state index >= 15 is 0 Å². The fourth-order valence-corrected chi connectivity index (χ4v) is 1.51. The van der Waals surface area contributed by atoms with Crippen molar-refractivity contribution in [3.05, 3.63) is 29.3 Å². The topological polar surface area (TPSA) is 33.0 Å². The summed E-state index contributed by atoms with van der Waals surface area (Å²) < 4.78 is 31.0. The quantitative estimate of drug-likeness (QED) is 0.635. The molecule has 0 spiro atoms. The molecule has 14 heavy (non-hydrogen) atoms. The summed E-state index contributed by atoms with van der Waals surface area (Å²) in [7, 11) is 0. The molecule has 1 heterocycles. The van der Waals surface area contributed by atoms with E-state index in [1.165, 1.54) is 6.07 Å². The van der Waals surface area contributed by atoms with Gasteiger partial charge in [-0.05, 0) is 12.5 Å². The average Bonchev–Trinajstić information content (AvgIpc) is 2.17. The minimum Gasteiger partial charge on any atom is -0.472 e. The first-order chi connectivity index (χ1) is 6.70. The third kappa shape index (κ3) is 1.41. The van der Waals surface area contributed by atoms with Crippen molar-refractivity contribution < 1.29 is 13.5 Å². The number of halogens is 2. The lowest BCUT2D eigenvalue weighted by molar-refractivity contribution is 0.213. The first kappa shape index (κ1) is 8.95. The molecule has 0 N–H and O–H groups in total. The molecule has 1 aliphatic rings. The monoisotopic (exact) mass is 195 g/mol. The van der Waals surface area contributed by atoms with Gasteiger partial charge in [0.1, 0.15) is 11.9 Å². The second kappa shape index (κ2) is 3.26. The highest BCUT2D eigenvalue weighted by atomic mass is 19.1. The Balaban J connectivity index is 2.43. The van der Waals surface area contributed by atoms with Crippen molar-refractivity contribution in [3.63, 3.8) is 0 Å².